The van der Waals surface area contributed by atoms with Gasteiger partial charge in [-0.15, -0.1) is 0 Å². The number of carbonyl (C=O) groups excluding carboxylic acids is 1. The minimum Gasteiger partial charge on any atom is -0.340 e. The fourth-order valence-electron chi connectivity index (χ4n) is 4.52. The Hall–Kier alpha value is -2.67. The third-order valence-corrected chi connectivity index (χ3v) is 6.41. The number of hydrogen-bond donors (Lipinski definition) is 0. The van der Waals surface area contributed by atoms with Crippen molar-refractivity contribution in [2.24, 2.45) is 23.7 Å². The van der Waals surface area contributed by atoms with Crippen LogP contribution in [0.15, 0.2) is 36.7 Å². The maximum absolute atomic E-state index is 9.57. The molecule has 3 fully saturated rings. The first-order chi connectivity index (χ1) is 15.1. The molecule has 31 heavy (non-hydrogen) atoms. The van der Waals surface area contributed by atoms with Gasteiger partial charge in [0.2, 0.25) is 5.95 Å². The van der Waals surface area contributed by atoms with Crippen molar-refractivity contribution in [3.8, 4) is 11.8 Å². The Kier molecular flexibility index (Phi) is 7.02. The number of nitrogens with zero attached hydrogens (tertiary/aromatic N) is 3. The van der Waals surface area contributed by atoms with Crippen molar-refractivity contribution in [2.45, 2.75) is 52.4 Å². The van der Waals surface area contributed by atoms with Crippen LogP contribution in [-0.4, -0.2) is 29.3 Å². The summed E-state index contributed by atoms with van der Waals surface area (Å²) >= 11 is 0. The van der Waals surface area contributed by atoms with E-state index in [-0.39, 0.29) is 0 Å². The van der Waals surface area contributed by atoms with Crippen molar-refractivity contribution in [3.05, 3.63) is 53.3 Å². The molecule has 0 radical (unpaired) electrons. The minimum absolute atomic E-state index is 0.454. The predicted octanol–water partition coefficient (Wildman–Crippen LogP) is 4.91. The zero-order valence-electron chi connectivity index (χ0n) is 18.8. The summed E-state index contributed by atoms with van der Waals surface area (Å²) in [7, 11) is 0. The summed E-state index contributed by atoms with van der Waals surface area (Å²) in [6, 6.07) is 8.55. The Balaban J connectivity index is 0.000000407. The number of aldehydes is 1. The van der Waals surface area contributed by atoms with Gasteiger partial charge in [0.15, 0.2) is 0 Å². The molecule has 2 saturated carbocycles. The molecular formula is C27H33N3O. The molecule has 2 heterocycles. The van der Waals surface area contributed by atoms with E-state index >= 15 is 0 Å². The molecule has 4 heteroatoms. The van der Waals surface area contributed by atoms with Crippen LogP contribution in [0.3, 0.4) is 0 Å². The van der Waals surface area contributed by atoms with Crippen molar-refractivity contribution < 1.29 is 4.79 Å². The highest BCUT2D eigenvalue weighted by Gasteiger charge is 2.36. The lowest BCUT2D eigenvalue weighted by molar-refractivity contribution is -0.108. The van der Waals surface area contributed by atoms with Crippen LogP contribution in [0.25, 0.3) is 0 Å². The number of rotatable bonds is 4. The van der Waals surface area contributed by atoms with Gasteiger partial charge in [0.25, 0.3) is 0 Å². The largest absolute Gasteiger partial charge is 0.340 e. The van der Waals surface area contributed by atoms with Crippen LogP contribution >= 0.6 is 0 Å². The summed E-state index contributed by atoms with van der Waals surface area (Å²) in [6.45, 7) is 6.73. The van der Waals surface area contributed by atoms with Gasteiger partial charge in [-0.2, -0.15) is 0 Å². The fraction of sp³-hybridized carbons (Fsp3) is 0.519. The third kappa shape index (κ3) is 6.17. The Morgan fingerprint density at radius 3 is 2.10 bits per heavy atom. The molecule has 3 aliphatic rings. The number of carbonyl (C=O) groups is 1. The molecule has 4 nitrogen and oxygen atoms in total. The van der Waals surface area contributed by atoms with Crippen LogP contribution in [0.5, 0.6) is 0 Å². The Morgan fingerprint density at radius 1 is 0.968 bits per heavy atom. The fourth-order valence-corrected chi connectivity index (χ4v) is 4.52. The van der Waals surface area contributed by atoms with Crippen LogP contribution < -0.4 is 4.90 Å². The van der Waals surface area contributed by atoms with Crippen LogP contribution in [0, 0.1) is 35.5 Å². The molecule has 0 amide bonds. The molecule has 1 aromatic carbocycles. The lowest BCUT2D eigenvalue weighted by atomic mass is 10.0. The summed E-state index contributed by atoms with van der Waals surface area (Å²) in [5.41, 5.74) is 3.28. The number of fused-ring (bicyclic) bond motifs is 1. The molecule has 2 aromatic rings. The minimum atomic E-state index is 0.454. The van der Waals surface area contributed by atoms with Gasteiger partial charge in [0.1, 0.15) is 6.29 Å². The summed E-state index contributed by atoms with van der Waals surface area (Å²) < 4.78 is 0. The molecule has 2 atom stereocenters. The Morgan fingerprint density at radius 2 is 1.58 bits per heavy atom. The van der Waals surface area contributed by atoms with Crippen LogP contribution in [0.2, 0.25) is 0 Å². The van der Waals surface area contributed by atoms with E-state index in [9.17, 15) is 4.79 Å². The van der Waals surface area contributed by atoms with Gasteiger partial charge >= 0.3 is 0 Å². The lowest BCUT2D eigenvalue weighted by Gasteiger charge is -2.16. The molecule has 2 unspecified atom stereocenters. The number of hydrogen-bond acceptors (Lipinski definition) is 4. The third-order valence-electron chi connectivity index (χ3n) is 6.41. The van der Waals surface area contributed by atoms with Gasteiger partial charge < -0.3 is 9.69 Å². The van der Waals surface area contributed by atoms with Crippen LogP contribution in [0.1, 0.15) is 62.6 Å². The number of anilines is 1. The lowest BCUT2D eigenvalue weighted by Crippen LogP contribution is -2.22. The Labute approximate surface area is 186 Å². The number of aromatic nitrogens is 2. The van der Waals surface area contributed by atoms with E-state index < -0.39 is 0 Å². The highest BCUT2D eigenvalue weighted by Crippen LogP contribution is 2.38. The van der Waals surface area contributed by atoms with Crippen LogP contribution in [0.4, 0.5) is 5.95 Å². The maximum Gasteiger partial charge on any atom is 0.225 e. The topological polar surface area (TPSA) is 46.1 Å². The standard InChI is InChI=1S/C23H27N3.C4H6O/c1-17(2)12-19-9-6-18(7-10-19)8-11-20-13-24-23(25-14-20)26-15-21-4-3-5-22(21)16-26;5-3-4-1-2-4/h6-7,9-10,13-14,17,21-22H,3-5,12,15-16H2,1-2H3;3-4H,1-2H2. The molecule has 0 spiro atoms. The molecule has 162 valence electrons. The van der Waals surface area contributed by atoms with Crippen molar-refractivity contribution >= 4 is 12.2 Å². The van der Waals surface area contributed by atoms with Crippen LogP contribution in [-0.2, 0) is 11.2 Å². The summed E-state index contributed by atoms with van der Waals surface area (Å²) in [5, 5.41) is 0. The maximum atomic E-state index is 9.57. The molecule has 0 bridgehead atoms. The van der Waals surface area contributed by atoms with E-state index in [0.717, 1.165) is 67.5 Å². The second-order valence-corrected chi connectivity index (χ2v) is 9.65. The second kappa shape index (κ2) is 10.1. The van der Waals surface area contributed by atoms with Gasteiger partial charge in [0.05, 0.1) is 5.56 Å². The summed E-state index contributed by atoms with van der Waals surface area (Å²) in [6.07, 6.45) is 12.3. The molecule has 2 aliphatic carbocycles. The van der Waals surface area contributed by atoms with Gasteiger partial charge in [-0.1, -0.05) is 44.2 Å². The quantitative estimate of drug-likeness (QED) is 0.526. The van der Waals surface area contributed by atoms with E-state index in [4.69, 9.17) is 0 Å². The van der Waals surface area contributed by atoms with Crippen molar-refractivity contribution in [1.29, 1.82) is 0 Å². The first kappa shape index (κ1) is 21.6. The smallest absolute Gasteiger partial charge is 0.225 e. The van der Waals surface area contributed by atoms with Crippen molar-refractivity contribution in [2.75, 3.05) is 18.0 Å². The van der Waals surface area contributed by atoms with E-state index in [2.05, 4.69) is 64.8 Å². The highest BCUT2D eigenvalue weighted by atomic mass is 16.1. The zero-order valence-corrected chi connectivity index (χ0v) is 18.8. The molecule has 5 rings (SSSR count). The summed E-state index contributed by atoms with van der Waals surface area (Å²) in [4.78, 5) is 21.0. The van der Waals surface area contributed by atoms with E-state index in [1.54, 1.807) is 0 Å². The normalized spacial score (nSPS) is 21.7. The highest BCUT2D eigenvalue weighted by molar-refractivity contribution is 5.56. The number of benzene rings is 1. The van der Waals surface area contributed by atoms with E-state index in [1.807, 2.05) is 12.4 Å². The molecule has 1 aliphatic heterocycles. The van der Waals surface area contributed by atoms with Gasteiger partial charge in [-0.3, -0.25) is 0 Å². The SMILES string of the molecule is CC(C)Cc1ccc(C#Cc2cnc(N3CC4CCCC4C3)nc2)cc1.O=CC1CC1. The molecular weight excluding hydrogens is 382 g/mol. The Bertz CT molecular complexity index is 908. The van der Waals surface area contributed by atoms with Crippen molar-refractivity contribution in [3.63, 3.8) is 0 Å². The average molecular weight is 416 g/mol. The van der Waals surface area contributed by atoms with Gasteiger partial charge in [0, 0.05) is 37.0 Å². The molecule has 1 aromatic heterocycles. The first-order valence-corrected chi connectivity index (χ1v) is 11.7. The monoisotopic (exact) mass is 415 g/mol. The van der Waals surface area contributed by atoms with Crippen molar-refractivity contribution in [1.82, 2.24) is 9.97 Å². The predicted molar refractivity (Wildman–Crippen MR) is 125 cm³/mol. The zero-order chi connectivity index (χ0) is 21.6. The molecule has 0 N–H and O–H groups in total. The summed E-state index contributed by atoms with van der Waals surface area (Å²) in [5.74, 6) is 10.1. The van der Waals surface area contributed by atoms with Gasteiger partial charge in [-0.05, 0) is 67.6 Å². The first-order valence-electron chi connectivity index (χ1n) is 11.7. The molecule has 1 saturated heterocycles. The van der Waals surface area contributed by atoms with E-state index in [0.29, 0.717) is 11.8 Å². The van der Waals surface area contributed by atoms with Gasteiger partial charge in [-0.25, -0.2) is 9.97 Å². The second-order valence-electron chi connectivity index (χ2n) is 9.65. The van der Waals surface area contributed by atoms with E-state index in [1.165, 1.54) is 24.8 Å². The average Bonchev–Trinajstić information content (AvgIpc) is 3.38.